The zero-order valence-electron chi connectivity index (χ0n) is 9.55. The summed E-state index contributed by atoms with van der Waals surface area (Å²) in [7, 11) is 1.90. The molecule has 5 nitrogen and oxygen atoms in total. The lowest BCUT2D eigenvalue weighted by atomic mass is 10.1. The summed E-state index contributed by atoms with van der Waals surface area (Å²) in [5, 5.41) is 7.47. The maximum Gasteiger partial charge on any atom is 0.138 e. The fourth-order valence-corrected chi connectivity index (χ4v) is 1.72. The van der Waals surface area contributed by atoms with Crippen molar-refractivity contribution < 1.29 is 4.42 Å². The molecule has 16 heavy (non-hydrogen) atoms. The predicted octanol–water partition coefficient (Wildman–Crippen LogP) is 1.30. The van der Waals surface area contributed by atoms with Crippen LogP contribution in [0.4, 0.5) is 0 Å². The van der Waals surface area contributed by atoms with Crippen LogP contribution in [0.1, 0.15) is 24.4 Å². The first-order valence-electron chi connectivity index (χ1n) is 5.39. The minimum absolute atomic E-state index is 0.228. The van der Waals surface area contributed by atoms with Gasteiger partial charge in [0.25, 0.3) is 0 Å². The average molecular weight is 220 g/mol. The highest BCUT2D eigenvalue weighted by Gasteiger charge is 2.14. The SMILES string of the molecule is CCNC(Cc1ncnn1C)c1ccoc1. The van der Waals surface area contributed by atoms with Crippen molar-refractivity contribution in [2.45, 2.75) is 19.4 Å². The molecule has 0 aliphatic carbocycles. The van der Waals surface area contributed by atoms with Crippen molar-refractivity contribution in [2.75, 3.05) is 6.54 Å². The Morgan fingerprint density at radius 1 is 1.56 bits per heavy atom. The van der Waals surface area contributed by atoms with Gasteiger partial charge in [0.1, 0.15) is 12.2 Å². The minimum atomic E-state index is 0.228. The fourth-order valence-electron chi connectivity index (χ4n) is 1.72. The third-order valence-electron chi connectivity index (χ3n) is 2.59. The normalized spacial score (nSPS) is 12.9. The number of nitrogens with one attached hydrogen (secondary N) is 1. The van der Waals surface area contributed by atoms with Gasteiger partial charge in [0.05, 0.1) is 12.5 Å². The Morgan fingerprint density at radius 2 is 2.44 bits per heavy atom. The number of furan rings is 1. The summed E-state index contributed by atoms with van der Waals surface area (Å²) < 4.78 is 6.90. The summed E-state index contributed by atoms with van der Waals surface area (Å²) in [4.78, 5) is 4.23. The van der Waals surface area contributed by atoms with Crippen molar-refractivity contribution in [3.05, 3.63) is 36.3 Å². The third-order valence-corrected chi connectivity index (χ3v) is 2.59. The van der Waals surface area contributed by atoms with E-state index in [1.807, 2.05) is 13.1 Å². The van der Waals surface area contributed by atoms with Crippen LogP contribution in [0.2, 0.25) is 0 Å². The van der Waals surface area contributed by atoms with E-state index in [-0.39, 0.29) is 6.04 Å². The minimum Gasteiger partial charge on any atom is -0.472 e. The number of hydrogen-bond donors (Lipinski definition) is 1. The summed E-state index contributed by atoms with van der Waals surface area (Å²) >= 11 is 0. The van der Waals surface area contributed by atoms with Gasteiger partial charge in [-0.05, 0) is 12.6 Å². The molecule has 0 fully saturated rings. The lowest BCUT2D eigenvalue weighted by Crippen LogP contribution is -2.23. The molecule has 0 bridgehead atoms. The molecule has 0 amide bonds. The molecule has 0 spiro atoms. The van der Waals surface area contributed by atoms with Crippen LogP contribution in [0.25, 0.3) is 0 Å². The molecule has 2 aromatic rings. The smallest absolute Gasteiger partial charge is 0.138 e. The lowest BCUT2D eigenvalue weighted by molar-refractivity contribution is 0.507. The van der Waals surface area contributed by atoms with Crippen molar-refractivity contribution in [3.8, 4) is 0 Å². The van der Waals surface area contributed by atoms with Gasteiger partial charge in [0, 0.05) is 25.1 Å². The van der Waals surface area contributed by atoms with E-state index in [4.69, 9.17) is 4.42 Å². The summed E-state index contributed by atoms with van der Waals surface area (Å²) in [5.74, 6) is 0.965. The standard InChI is InChI=1S/C11H16N4O/c1-3-12-10(9-4-5-16-7-9)6-11-13-8-14-15(11)2/h4-5,7-8,10,12H,3,6H2,1-2H3. The van der Waals surface area contributed by atoms with Gasteiger partial charge < -0.3 is 9.73 Å². The number of hydrogen-bond acceptors (Lipinski definition) is 4. The van der Waals surface area contributed by atoms with E-state index < -0.39 is 0 Å². The molecule has 1 atom stereocenters. The second-order valence-electron chi connectivity index (χ2n) is 3.67. The largest absolute Gasteiger partial charge is 0.472 e. The van der Waals surface area contributed by atoms with Crippen LogP contribution in [-0.4, -0.2) is 21.3 Å². The van der Waals surface area contributed by atoms with Gasteiger partial charge >= 0.3 is 0 Å². The van der Waals surface area contributed by atoms with Gasteiger partial charge in [0.15, 0.2) is 0 Å². The Hall–Kier alpha value is -1.62. The second kappa shape index (κ2) is 4.94. The molecule has 1 N–H and O–H groups in total. The molecule has 86 valence electrons. The Morgan fingerprint density at radius 3 is 3.00 bits per heavy atom. The van der Waals surface area contributed by atoms with Gasteiger partial charge in [-0.1, -0.05) is 6.92 Å². The highest BCUT2D eigenvalue weighted by molar-refractivity contribution is 5.13. The molecule has 0 aliphatic rings. The molecule has 0 radical (unpaired) electrons. The number of likely N-dealkylation sites (N-methyl/N-ethyl adjacent to an activating group) is 1. The van der Waals surface area contributed by atoms with Crippen LogP contribution in [0, 0.1) is 0 Å². The average Bonchev–Trinajstić information content (AvgIpc) is 2.90. The van der Waals surface area contributed by atoms with Gasteiger partial charge in [-0.2, -0.15) is 5.10 Å². The summed E-state index contributed by atoms with van der Waals surface area (Å²) in [6.07, 6.45) is 5.84. The molecule has 2 heterocycles. The van der Waals surface area contributed by atoms with E-state index in [0.29, 0.717) is 0 Å². The quantitative estimate of drug-likeness (QED) is 0.825. The third kappa shape index (κ3) is 2.30. The first kappa shape index (κ1) is 10.9. The molecule has 2 rings (SSSR count). The molecular formula is C11H16N4O. The molecule has 0 saturated carbocycles. The Labute approximate surface area is 94.5 Å². The highest BCUT2D eigenvalue weighted by Crippen LogP contribution is 2.17. The lowest BCUT2D eigenvalue weighted by Gasteiger charge is -2.15. The zero-order valence-corrected chi connectivity index (χ0v) is 9.55. The molecule has 0 aromatic carbocycles. The van der Waals surface area contributed by atoms with E-state index in [0.717, 1.165) is 24.4 Å². The Balaban J connectivity index is 2.12. The van der Waals surface area contributed by atoms with Crippen molar-refractivity contribution in [3.63, 3.8) is 0 Å². The van der Waals surface area contributed by atoms with E-state index >= 15 is 0 Å². The molecule has 0 saturated heterocycles. The van der Waals surface area contributed by atoms with E-state index in [1.165, 1.54) is 0 Å². The number of rotatable bonds is 5. The van der Waals surface area contributed by atoms with Gasteiger partial charge in [0.2, 0.25) is 0 Å². The molecular weight excluding hydrogens is 204 g/mol. The van der Waals surface area contributed by atoms with E-state index in [2.05, 4.69) is 22.3 Å². The summed E-state index contributed by atoms with van der Waals surface area (Å²) in [6.45, 7) is 3.00. The Bertz CT molecular complexity index is 421. The number of aryl methyl sites for hydroxylation is 1. The molecule has 5 heteroatoms. The highest BCUT2D eigenvalue weighted by atomic mass is 16.3. The van der Waals surface area contributed by atoms with Gasteiger partial charge in [-0.25, -0.2) is 4.98 Å². The predicted molar refractivity (Wildman–Crippen MR) is 59.8 cm³/mol. The maximum atomic E-state index is 5.11. The van der Waals surface area contributed by atoms with Crippen molar-refractivity contribution in [1.29, 1.82) is 0 Å². The maximum absolute atomic E-state index is 5.11. The van der Waals surface area contributed by atoms with Crippen LogP contribution in [-0.2, 0) is 13.5 Å². The first-order valence-corrected chi connectivity index (χ1v) is 5.39. The second-order valence-corrected chi connectivity index (χ2v) is 3.67. The summed E-state index contributed by atoms with van der Waals surface area (Å²) in [5.41, 5.74) is 1.14. The van der Waals surface area contributed by atoms with Crippen molar-refractivity contribution in [2.24, 2.45) is 7.05 Å². The number of nitrogens with zero attached hydrogens (tertiary/aromatic N) is 3. The van der Waals surface area contributed by atoms with Crippen molar-refractivity contribution >= 4 is 0 Å². The molecule has 0 aliphatic heterocycles. The number of aromatic nitrogens is 3. The zero-order chi connectivity index (χ0) is 11.4. The fraction of sp³-hybridized carbons (Fsp3) is 0.455. The molecule has 1 unspecified atom stereocenters. The van der Waals surface area contributed by atoms with Crippen LogP contribution in [0.3, 0.4) is 0 Å². The monoisotopic (exact) mass is 220 g/mol. The van der Waals surface area contributed by atoms with E-state index in [1.54, 1.807) is 23.5 Å². The van der Waals surface area contributed by atoms with E-state index in [9.17, 15) is 0 Å². The van der Waals surface area contributed by atoms with Crippen LogP contribution in [0.5, 0.6) is 0 Å². The van der Waals surface area contributed by atoms with Crippen LogP contribution >= 0.6 is 0 Å². The van der Waals surface area contributed by atoms with Gasteiger partial charge in [-0.3, -0.25) is 4.68 Å². The molecule has 2 aromatic heterocycles. The van der Waals surface area contributed by atoms with Gasteiger partial charge in [-0.15, -0.1) is 0 Å². The van der Waals surface area contributed by atoms with Crippen LogP contribution < -0.4 is 5.32 Å². The van der Waals surface area contributed by atoms with Crippen molar-refractivity contribution in [1.82, 2.24) is 20.1 Å². The Kier molecular flexibility index (Phi) is 3.36. The summed E-state index contributed by atoms with van der Waals surface area (Å²) in [6, 6.07) is 2.20. The van der Waals surface area contributed by atoms with Crippen LogP contribution in [0.15, 0.2) is 29.3 Å². The first-order chi connectivity index (χ1) is 7.81. The topological polar surface area (TPSA) is 55.9 Å².